The van der Waals surface area contributed by atoms with Crippen LogP contribution in [-0.4, -0.2) is 25.3 Å². The molecule has 4 nitrogen and oxygen atoms in total. The van der Waals surface area contributed by atoms with Crippen LogP contribution in [0.1, 0.15) is 12.2 Å². The Kier molecular flexibility index (Phi) is 4.68. The molecule has 0 atom stereocenters. The summed E-state index contributed by atoms with van der Waals surface area (Å²) in [5.41, 5.74) is 1.59. The Labute approximate surface area is 117 Å². The summed E-state index contributed by atoms with van der Waals surface area (Å²) < 4.78 is 15.8. The van der Waals surface area contributed by atoms with Crippen molar-refractivity contribution in [2.45, 2.75) is 12.8 Å². The Balaban J connectivity index is 2.31. The number of hydrogen-bond acceptors (Lipinski definition) is 4. The maximum atomic E-state index is 5.66. The first-order valence-electron chi connectivity index (χ1n) is 6.02. The molecule has 0 saturated carbocycles. The summed E-state index contributed by atoms with van der Waals surface area (Å²) in [5.74, 6) is 2.91. The number of aromatic nitrogens is 1. The van der Waals surface area contributed by atoms with E-state index in [0.29, 0.717) is 5.88 Å². The molecule has 102 valence electrons. The first-order chi connectivity index (χ1) is 9.28. The maximum absolute atomic E-state index is 5.66. The van der Waals surface area contributed by atoms with E-state index in [0.717, 1.165) is 41.4 Å². The molecule has 1 heterocycles. The zero-order valence-corrected chi connectivity index (χ0v) is 11.7. The number of ether oxygens (including phenoxy) is 2. The van der Waals surface area contributed by atoms with Crippen LogP contribution in [0.15, 0.2) is 28.8 Å². The van der Waals surface area contributed by atoms with E-state index in [-0.39, 0.29) is 0 Å². The highest BCUT2D eigenvalue weighted by Gasteiger charge is 2.12. The normalized spacial score (nSPS) is 10.5. The number of hydrogen-bond donors (Lipinski definition) is 0. The van der Waals surface area contributed by atoms with Gasteiger partial charge in [0.1, 0.15) is 23.0 Å². The molecule has 0 amide bonds. The van der Waals surface area contributed by atoms with E-state index in [1.807, 2.05) is 24.3 Å². The van der Waals surface area contributed by atoms with Crippen LogP contribution >= 0.6 is 11.6 Å². The average molecular weight is 282 g/mol. The van der Waals surface area contributed by atoms with Gasteiger partial charge in [-0.25, -0.2) is 0 Å². The fraction of sp³-hybridized carbons (Fsp3) is 0.357. The van der Waals surface area contributed by atoms with Gasteiger partial charge in [-0.15, -0.1) is 11.6 Å². The molecule has 0 spiro atoms. The van der Waals surface area contributed by atoms with E-state index < -0.39 is 0 Å². The van der Waals surface area contributed by atoms with Crippen molar-refractivity contribution in [2.75, 3.05) is 20.1 Å². The topological polar surface area (TPSA) is 44.5 Å². The molecule has 5 heteroatoms. The smallest absolute Gasteiger partial charge is 0.137 e. The van der Waals surface area contributed by atoms with Crippen LogP contribution < -0.4 is 9.47 Å². The van der Waals surface area contributed by atoms with E-state index >= 15 is 0 Å². The van der Waals surface area contributed by atoms with Gasteiger partial charge in [-0.1, -0.05) is 5.16 Å². The van der Waals surface area contributed by atoms with E-state index in [1.165, 1.54) is 0 Å². The van der Waals surface area contributed by atoms with E-state index in [9.17, 15) is 0 Å². The molecule has 19 heavy (non-hydrogen) atoms. The van der Waals surface area contributed by atoms with Crippen molar-refractivity contribution >= 4 is 11.6 Å². The lowest BCUT2D eigenvalue weighted by molar-refractivity contribution is 0.382. The van der Waals surface area contributed by atoms with Crippen molar-refractivity contribution in [1.29, 1.82) is 0 Å². The molecule has 0 aliphatic rings. The summed E-state index contributed by atoms with van der Waals surface area (Å²) in [4.78, 5) is 0. The maximum Gasteiger partial charge on any atom is 0.137 e. The number of methoxy groups -OCH3 is 2. The van der Waals surface area contributed by atoms with Crippen molar-refractivity contribution < 1.29 is 14.0 Å². The predicted octanol–water partition coefficient (Wildman–Crippen LogP) is 3.53. The first-order valence-corrected chi connectivity index (χ1v) is 6.56. The minimum absolute atomic E-state index is 0.610. The lowest BCUT2D eigenvalue weighted by Crippen LogP contribution is -1.90. The summed E-state index contributed by atoms with van der Waals surface area (Å²) in [5, 5.41) is 4.07. The molecule has 2 rings (SSSR count). The summed E-state index contributed by atoms with van der Waals surface area (Å²) >= 11 is 5.66. The minimum atomic E-state index is 0.610. The van der Waals surface area contributed by atoms with Gasteiger partial charge < -0.3 is 14.0 Å². The summed E-state index contributed by atoms with van der Waals surface area (Å²) in [7, 11) is 3.25. The lowest BCUT2D eigenvalue weighted by atomic mass is 10.1. The summed E-state index contributed by atoms with van der Waals surface area (Å²) in [6.45, 7) is 0. The number of nitrogens with zero attached hydrogens (tertiary/aromatic N) is 1. The molecule has 1 aromatic carbocycles. The molecule has 0 bridgehead atoms. The molecule has 0 aliphatic carbocycles. The van der Waals surface area contributed by atoms with Crippen LogP contribution in [0.4, 0.5) is 0 Å². The van der Waals surface area contributed by atoms with Crippen LogP contribution in [0.25, 0.3) is 11.3 Å². The third-order valence-corrected chi connectivity index (χ3v) is 3.07. The van der Waals surface area contributed by atoms with Crippen molar-refractivity contribution in [3.63, 3.8) is 0 Å². The van der Waals surface area contributed by atoms with E-state index in [2.05, 4.69) is 5.16 Å². The Morgan fingerprint density at radius 2 is 2.05 bits per heavy atom. The fourth-order valence-corrected chi connectivity index (χ4v) is 1.95. The van der Waals surface area contributed by atoms with Gasteiger partial charge in [0.15, 0.2) is 0 Å². The van der Waals surface area contributed by atoms with Crippen LogP contribution in [0.2, 0.25) is 0 Å². The number of rotatable bonds is 6. The second kappa shape index (κ2) is 6.48. The molecular formula is C14H16ClNO3. The standard InChI is InChI=1S/C14H16ClNO3/c1-17-10-5-6-14(18-2)12(8-10)13-9-11(19-16-13)4-3-7-15/h5-6,8-9H,3-4,7H2,1-2H3. The minimum Gasteiger partial charge on any atom is -0.497 e. The van der Waals surface area contributed by atoms with Gasteiger partial charge in [0.2, 0.25) is 0 Å². The van der Waals surface area contributed by atoms with Crippen LogP contribution in [0, 0.1) is 0 Å². The van der Waals surface area contributed by atoms with Gasteiger partial charge in [-0.3, -0.25) is 0 Å². The highest BCUT2D eigenvalue weighted by Crippen LogP contribution is 2.33. The summed E-state index contributed by atoms with van der Waals surface area (Å²) in [6.07, 6.45) is 1.65. The highest BCUT2D eigenvalue weighted by molar-refractivity contribution is 6.17. The molecule has 0 saturated heterocycles. The number of aryl methyl sites for hydroxylation is 1. The molecule has 0 fully saturated rings. The Bertz CT molecular complexity index is 539. The van der Waals surface area contributed by atoms with Crippen LogP contribution in [0.3, 0.4) is 0 Å². The quantitative estimate of drug-likeness (QED) is 0.760. The number of alkyl halides is 1. The van der Waals surface area contributed by atoms with Crippen LogP contribution in [0.5, 0.6) is 11.5 Å². The van der Waals surface area contributed by atoms with Crippen molar-refractivity contribution in [1.82, 2.24) is 5.16 Å². The molecule has 0 radical (unpaired) electrons. The van der Waals surface area contributed by atoms with Gasteiger partial charge in [0.05, 0.1) is 14.2 Å². The molecule has 2 aromatic rings. The van der Waals surface area contributed by atoms with Crippen molar-refractivity contribution in [3.8, 4) is 22.8 Å². The Morgan fingerprint density at radius 3 is 2.74 bits per heavy atom. The molecule has 0 unspecified atom stereocenters. The van der Waals surface area contributed by atoms with Gasteiger partial charge >= 0.3 is 0 Å². The van der Waals surface area contributed by atoms with Crippen molar-refractivity contribution in [2.24, 2.45) is 0 Å². The molecular weight excluding hydrogens is 266 g/mol. The predicted molar refractivity (Wildman–Crippen MR) is 74.1 cm³/mol. The monoisotopic (exact) mass is 281 g/mol. The number of benzene rings is 1. The van der Waals surface area contributed by atoms with Crippen LogP contribution in [-0.2, 0) is 6.42 Å². The van der Waals surface area contributed by atoms with E-state index in [1.54, 1.807) is 14.2 Å². The Morgan fingerprint density at radius 1 is 1.21 bits per heavy atom. The largest absolute Gasteiger partial charge is 0.497 e. The molecule has 0 N–H and O–H groups in total. The zero-order valence-electron chi connectivity index (χ0n) is 11.0. The van der Waals surface area contributed by atoms with Gasteiger partial charge in [-0.2, -0.15) is 0 Å². The van der Waals surface area contributed by atoms with Gasteiger partial charge in [0, 0.05) is 23.9 Å². The second-order valence-electron chi connectivity index (χ2n) is 4.04. The Hall–Kier alpha value is -1.68. The number of halogens is 1. The lowest BCUT2D eigenvalue weighted by Gasteiger charge is -2.07. The SMILES string of the molecule is COc1ccc(OC)c(-c2cc(CCCCl)on2)c1. The summed E-state index contributed by atoms with van der Waals surface area (Å²) in [6, 6.07) is 7.48. The van der Waals surface area contributed by atoms with Gasteiger partial charge in [-0.05, 0) is 24.6 Å². The molecule has 0 aliphatic heterocycles. The highest BCUT2D eigenvalue weighted by atomic mass is 35.5. The molecule has 1 aromatic heterocycles. The first kappa shape index (κ1) is 13.7. The van der Waals surface area contributed by atoms with Gasteiger partial charge in [0.25, 0.3) is 0 Å². The third-order valence-electron chi connectivity index (χ3n) is 2.80. The fourth-order valence-electron chi connectivity index (χ4n) is 1.81. The third kappa shape index (κ3) is 3.20. The second-order valence-corrected chi connectivity index (χ2v) is 4.42. The van der Waals surface area contributed by atoms with Crippen molar-refractivity contribution in [3.05, 3.63) is 30.0 Å². The zero-order chi connectivity index (χ0) is 13.7. The van der Waals surface area contributed by atoms with E-state index in [4.69, 9.17) is 25.6 Å². The average Bonchev–Trinajstić information content (AvgIpc) is 2.93.